The van der Waals surface area contributed by atoms with Crippen molar-refractivity contribution in [3.63, 3.8) is 0 Å². The molecule has 0 amide bonds. The smallest absolute Gasteiger partial charge is 0.129 e. The minimum atomic E-state index is -0.0927. The van der Waals surface area contributed by atoms with E-state index in [0.717, 1.165) is 36.2 Å². The molecule has 0 aromatic heterocycles. The van der Waals surface area contributed by atoms with Crippen LogP contribution in [0.3, 0.4) is 0 Å². The standard InChI is InChI=1S/C13H18FN/c1-4-5-6-15-9-12-7-10(2)13(14)11(3)8-12/h4,7-8,15H,1,5-6,9H2,2-3H3. The average Bonchev–Trinajstić information content (AvgIpc) is 2.21. The summed E-state index contributed by atoms with van der Waals surface area (Å²) in [5, 5.41) is 3.28. The van der Waals surface area contributed by atoms with Crippen LogP contribution in [0.15, 0.2) is 24.8 Å². The molecule has 15 heavy (non-hydrogen) atoms. The molecule has 0 spiro atoms. The Bertz CT molecular complexity index is 321. The van der Waals surface area contributed by atoms with Gasteiger partial charge in [0.2, 0.25) is 0 Å². The van der Waals surface area contributed by atoms with Gasteiger partial charge in [0, 0.05) is 6.54 Å². The quantitative estimate of drug-likeness (QED) is 0.578. The molecule has 0 fully saturated rings. The van der Waals surface area contributed by atoms with Gasteiger partial charge in [-0.3, -0.25) is 0 Å². The highest BCUT2D eigenvalue weighted by Gasteiger charge is 2.03. The molecule has 0 saturated carbocycles. The second-order valence-electron chi connectivity index (χ2n) is 3.80. The highest BCUT2D eigenvalue weighted by Crippen LogP contribution is 2.14. The maximum absolute atomic E-state index is 13.3. The summed E-state index contributed by atoms with van der Waals surface area (Å²) in [5.41, 5.74) is 2.57. The third-order valence-electron chi connectivity index (χ3n) is 2.35. The van der Waals surface area contributed by atoms with Gasteiger partial charge in [-0.05, 0) is 43.5 Å². The van der Waals surface area contributed by atoms with Crippen molar-refractivity contribution in [2.45, 2.75) is 26.8 Å². The Morgan fingerprint density at radius 2 is 1.93 bits per heavy atom. The normalized spacial score (nSPS) is 10.3. The van der Waals surface area contributed by atoms with Gasteiger partial charge in [-0.2, -0.15) is 0 Å². The lowest BCUT2D eigenvalue weighted by Gasteiger charge is -2.07. The molecule has 0 unspecified atom stereocenters. The molecule has 1 aromatic rings. The van der Waals surface area contributed by atoms with Crippen LogP contribution >= 0.6 is 0 Å². The predicted molar refractivity (Wildman–Crippen MR) is 62.4 cm³/mol. The van der Waals surface area contributed by atoms with E-state index in [4.69, 9.17) is 0 Å². The Balaban J connectivity index is 2.58. The largest absolute Gasteiger partial charge is 0.312 e. The molecule has 0 bridgehead atoms. The molecule has 0 aliphatic rings. The van der Waals surface area contributed by atoms with Crippen LogP contribution in [0.1, 0.15) is 23.1 Å². The van der Waals surface area contributed by atoms with Crippen LogP contribution in [-0.4, -0.2) is 6.54 Å². The third kappa shape index (κ3) is 3.48. The van der Waals surface area contributed by atoms with E-state index >= 15 is 0 Å². The van der Waals surface area contributed by atoms with Gasteiger partial charge in [-0.25, -0.2) is 4.39 Å². The molecular weight excluding hydrogens is 189 g/mol. The van der Waals surface area contributed by atoms with Crippen molar-refractivity contribution in [1.82, 2.24) is 5.32 Å². The van der Waals surface area contributed by atoms with Gasteiger partial charge in [0.15, 0.2) is 0 Å². The van der Waals surface area contributed by atoms with Gasteiger partial charge in [0.1, 0.15) is 5.82 Å². The van der Waals surface area contributed by atoms with Crippen LogP contribution in [0.4, 0.5) is 4.39 Å². The molecule has 1 aromatic carbocycles. The summed E-state index contributed by atoms with van der Waals surface area (Å²) in [4.78, 5) is 0. The summed E-state index contributed by atoms with van der Waals surface area (Å²) in [6, 6.07) is 3.78. The lowest BCUT2D eigenvalue weighted by molar-refractivity contribution is 0.606. The van der Waals surface area contributed by atoms with Crippen molar-refractivity contribution in [2.75, 3.05) is 6.54 Å². The van der Waals surface area contributed by atoms with Gasteiger partial charge >= 0.3 is 0 Å². The molecule has 1 N–H and O–H groups in total. The first kappa shape index (κ1) is 11.9. The van der Waals surface area contributed by atoms with Gasteiger partial charge in [0.25, 0.3) is 0 Å². The number of nitrogens with one attached hydrogen (secondary N) is 1. The highest BCUT2D eigenvalue weighted by molar-refractivity contribution is 5.30. The van der Waals surface area contributed by atoms with Crippen LogP contribution in [0.25, 0.3) is 0 Å². The molecule has 1 rings (SSSR count). The van der Waals surface area contributed by atoms with Crippen molar-refractivity contribution >= 4 is 0 Å². The number of halogens is 1. The predicted octanol–water partition coefficient (Wildman–Crippen LogP) is 3.11. The lowest BCUT2D eigenvalue weighted by Crippen LogP contribution is -2.14. The third-order valence-corrected chi connectivity index (χ3v) is 2.35. The zero-order chi connectivity index (χ0) is 11.3. The first-order valence-corrected chi connectivity index (χ1v) is 5.22. The van der Waals surface area contributed by atoms with E-state index < -0.39 is 0 Å². The summed E-state index contributed by atoms with van der Waals surface area (Å²) in [5.74, 6) is -0.0927. The molecule has 1 nitrogen and oxygen atoms in total. The van der Waals surface area contributed by atoms with E-state index in [-0.39, 0.29) is 5.82 Å². The minimum Gasteiger partial charge on any atom is -0.312 e. The van der Waals surface area contributed by atoms with Crippen LogP contribution in [0, 0.1) is 19.7 Å². The maximum Gasteiger partial charge on any atom is 0.129 e. The number of benzene rings is 1. The average molecular weight is 207 g/mol. The van der Waals surface area contributed by atoms with Crippen LogP contribution in [0.2, 0.25) is 0 Å². The van der Waals surface area contributed by atoms with E-state index in [1.54, 1.807) is 13.8 Å². The molecule has 0 heterocycles. The summed E-state index contributed by atoms with van der Waals surface area (Å²) in [7, 11) is 0. The van der Waals surface area contributed by atoms with E-state index in [1.807, 2.05) is 18.2 Å². The molecular formula is C13H18FN. The van der Waals surface area contributed by atoms with Gasteiger partial charge in [0.05, 0.1) is 0 Å². The molecule has 0 radical (unpaired) electrons. The second-order valence-corrected chi connectivity index (χ2v) is 3.80. The first-order valence-electron chi connectivity index (χ1n) is 5.22. The molecule has 0 atom stereocenters. The number of hydrogen-bond donors (Lipinski definition) is 1. The van der Waals surface area contributed by atoms with Crippen molar-refractivity contribution < 1.29 is 4.39 Å². The van der Waals surface area contributed by atoms with Gasteiger partial charge in [-0.15, -0.1) is 6.58 Å². The maximum atomic E-state index is 13.3. The Morgan fingerprint density at radius 3 is 2.47 bits per heavy atom. The van der Waals surface area contributed by atoms with E-state index in [1.165, 1.54) is 0 Å². The number of hydrogen-bond acceptors (Lipinski definition) is 1. The topological polar surface area (TPSA) is 12.0 Å². The highest BCUT2D eigenvalue weighted by atomic mass is 19.1. The zero-order valence-corrected chi connectivity index (χ0v) is 9.44. The van der Waals surface area contributed by atoms with E-state index in [2.05, 4.69) is 11.9 Å². The number of rotatable bonds is 5. The van der Waals surface area contributed by atoms with Crippen LogP contribution in [-0.2, 0) is 6.54 Å². The Kier molecular flexibility index (Phi) is 4.50. The van der Waals surface area contributed by atoms with Crippen LogP contribution < -0.4 is 5.32 Å². The summed E-state index contributed by atoms with van der Waals surface area (Å²) < 4.78 is 13.3. The van der Waals surface area contributed by atoms with Crippen molar-refractivity contribution in [3.05, 3.63) is 47.3 Å². The van der Waals surface area contributed by atoms with Crippen molar-refractivity contribution in [2.24, 2.45) is 0 Å². The molecule has 82 valence electrons. The van der Waals surface area contributed by atoms with Gasteiger partial charge < -0.3 is 5.32 Å². The SMILES string of the molecule is C=CCCNCc1cc(C)c(F)c(C)c1. The Hall–Kier alpha value is -1.15. The van der Waals surface area contributed by atoms with Crippen molar-refractivity contribution in [3.8, 4) is 0 Å². The molecule has 2 heteroatoms. The van der Waals surface area contributed by atoms with Crippen LogP contribution in [0.5, 0.6) is 0 Å². The van der Waals surface area contributed by atoms with E-state index in [0.29, 0.717) is 0 Å². The Morgan fingerprint density at radius 1 is 1.33 bits per heavy atom. The minimum absolute atomic E-state index is 0.0927. The summed E-state index contributed by atoms with van der Waals surface area (Å²) >= 11 is 0. The second kappa shape index (κ2) is 5.66. The monoisotopic (exact) mass is 207 g/mol. The fraction of sp³-hybridized carbons (Fsp3) is 0.385. The molecule has 0 aliphatic heterocycles. The summed E-state index contributed by atoms with van der Waals surface area (Å²) in [6.07, 6.45) is 2.84. The zero-order valence-electron chi connectivity index (χ0n) is 9.44. The molecule has 0 saturated heterocycles. The Labute approximate surface area is 91.0 Å². The lowest BCUT2D eigenvalue weighted by atomic mass is 10.1. The fourth-order valence-corrected chi connectivity index (χ4v) is 1.57. The van der Waals surface area contributed by atoms with Gasteiger partial charge in [-0.1, -0.05) is 18.2 Å². The molecule has 0 aliphatic carbocycles. The van der Waals surface area contributed by atoms with Crippen molar-refractivity contribution in [1.29, 1.82) is 0 Å². The first-order chi connectivity index (χ1) is 7.15. The fourth-order valence-electron chi connectivity index (χ4n) is 1.57. The van der Waals surface area contributed by atoms with E-state index in [9.17, 15) is 4.39 Å². The summed E-state index contributed by atoms with van der Waals surface area (Å²) in [6.45, 7) is 8.96. The number of aryl methyl sites for hydroxylation is 2.